The van der Waals surface area contributed by atoms with Crippen molar-refractivity contribution >= 4 is 29.5 Å². The summed E-state index contributed by atoms with van der Waals surface area (Å²) in [5.41, 5.74) is 1.52. The zero-order chi connectivity index (χ0) is 15.1. The van der Waals surface area contributed by atoms with Crippen LogP contribution in [0, 0.1) is 5.41 Å². The maximum atomic E-state index is 8.86. The molecule has 0 aliphatic carbocycles. The second kappa shape index (κ2) is 7.51. The first-order valence-electron chi connectivity index (χ1n) is 6.30. The van der Waals surface area contributed by atoms with Gasteiger partial charge in [-0.1, -0.05) is 0 Å². The van der Waals surface area contributed by atoms with Crippen LogP contribution in [-0.2, 0) is 6.54 Å². The molecule has 7 nitrogen and oxygen atoms in total. The Kier molecular flexibility index (Phi) is 5.42. The lowest BCUT2D eigenvalue weighted by Crippen LogP contribution is -2.13. The fourth-order valence-electron chi connectivity index (χ4n) is 1.71. The Hall–Kier alpha value is -2.25. The fourth-order valence-corrected chi connectivity index (χ4v) is 1.88. The summed E-state index contributed by atoms with van der Waals surface area (Å²) in [4.78, 5) is 12.1. The molecule has 0 atom stereocenters. The van der Waals surface area contributed by atoms with Crippen molar-refractivity contribution in [2.45, 2.75) is 6.54 Å². The van der Waals surface area contributed by atoms with Crippen molar-refractivity contribution in [1.82, 2.24) is 15.0 Å². The molecule has 0 aliphatic heterocycles. The molecule has 2 aromatic rings. The molecule has 0 saturated carbocycles. The van der Waals surface area contributed by atoms with Crippen molar-refractivity contribution < 1.29 is 5.11 Å². The molecule has 2 rings (SSSR count). The van der Waals surface area contributed by atoms with Gasteiger partial charge in [0, 0.05) is 31.7 Å². The summed E-state index contributed by atoms with van der Waals surface area (Å²) < 4.78 is 0. The zero-order valence-corrected chi connectivity index (χ0v) is 11.9. The molecule has 0 spiro atoms. The van der Waals surface area contributed by atoms with Crippen LogP contribution < -0.4 is 10.6 Å². The summed E-state index contributed by atoms with van der Waals surface area (Å²) in [7, 11) is 0. The molecule has 0 unspecified atom stereocenters. The van der Waals surface area contributed by atoms with Gasteiger partial charge in [0.25, 0.3) is 0 Å². The Morgan fingerprint density at radius 3 is 2.48 bits per heavy atom. The second-order valence-electron chi connectivity index (χ2n) is 4.11. The van der Waals surface area contributed by atoms with Crippen LogP contribution >= 0.6 is 11.6 Å². The van der Waals surface area contributed by atoms with E-state index in [0.717, 1.165) is 11.8 Å². The maximum Gasteiger partial charge on any atom is 0.226 e. The highest BCUT2D eigenvalue weighted by atomic mass is 35.5. The van der Waals surface area contributed by atoms with Crippen LogP contribution in [0.25, 0.3) is 0 Å². The van der Waals surface area contributed by atoms with E-state index < -0.39 is 0 Å². The van der Waals surface area contributed by atoms with Crippen LogP contribution in [0.2, 0.25) is 5.28 Å². The highest BCUT2D eigenvalue weighted by Crippen LogP contribution is 2.21. The molecule has 0 radical (unpaired) electrons. The molecule has 0 amide bonds. The number of hydrogen-bond acceptors (Lipinski definition) is 7. The third-order valence-electron chi connectivity index (χ3n) is 2.68. The normalized spacial score (nSPS) is 10.2. The van der Waals surface area contributed by atoms with E-state index in [1.54, 1.807) is 12.4 Å². The minimum Gasteiger partial charge on any atom is -0.395 e. The Bertz CT molecular complexity index is 607. The largest absolute Gasteiger partial charge is 0.395 e. The standard InChI is InChI=1S/C13H15ClN6O/c14-13-19-11(17-5-6-21)10(7-15)12(20-13)18-8-9-1-3-16-4-2-9/h1-4,7,15,21H,5-6,8H2,(H2,17,18,19,20). The average molecular weight is 307 g/mol. The van der Waals surface area contributed by atoms with Gasteiger partial charge in [0.2, 0.25) is 5.28 Å². The first kappa shape index (κ1) is 15.1. The summed E-state index contributed by atoms with van der Waals surface area (Å²) in [6.07, 6.45) is 4.55. The van der Waals surface area contributed by atoms with Crippen LogP contribution in [0.1, 0.15) is 11.1 Å². The third-order valence-corrected chi connectivity index (χ3v) is 2.85. The molecule has 0 fully saturated rings. The molecule has 0 bridgehead atoms. The minimum absolute atomic E-state index is 0.0428. The van der Waals surface area contributed by atoms with Crippen LogP contribution in [-0.4, -0.2) is 39.4 Å². The highest BCUT2D eigenvalue weighted by Gasteiger charge is 2.11. The van der Waals surface area contributed by atoms with Gasteiger partial charge in [0.1, 0.15) is 11.6 Å². The lowest BCUT2D eigenvalue weighted by molar-refractivity contribution is 0.311. The number of nitrogens with zero attached hydrogens (tertiary/aromatic N) is 3. The van der Waals surface area contributed by atoms with Crippen LogP contribution in [0.3, 0.4) is 0 Å². The Morgan fingerprint density at radius 2 is 1.86 bits per heavy atom. The molecule has 0 aliphatic rings. The van der Waals surface area contributed by atoms with Crippen LogP contribution in [0.4, 0.5) is 11.6 Å². The number of anilines is 2. The number of aliphatic hydroxyl groups is 1. The molecule has 0 aromatic carbocycles. The van der Waals surface area contributed by atoms with Gasteiger partial charge in [0.05, 0.1) is 12.2 Å². The lowest BCUT2D eigenvalue weighted by atomic mass is 10.2. The van der Waals surface area contributed by atoms with E-state index in [2.05, 4.69) is 25.6 Å². The van der Waals surface area contributed by atoms with E-state index in [1.807, 2.05) is 12.1 Å². The fraction of sp³-hybridized carbons (Fsp3) is 0.231. The maximum absolute atomic E-state index is 8.86. The van der Waals surface area contributed by atoms with Crippen molar-refractivity contribution in [3.63, 3.8) is 0 Å². The SMILES string of the molecule is N=Cc1c(NCCO)nc(Cl)nc1NCc1ccncc1. The van der Waals surface area contributed by atoms with E-state index >= 15 is 0 Å². The van der Waals surface area contributed by atoms with Crippen molar-refractivity contribution in [2.24, 2.45) is 0 Å². The van der Waals surface area contributed by atoms with Gasteiger partial charge in [-0.15, -0.1) is 0 Å². The third kappa shape index (κ3) is 4.11. The summed E-state index contributed by atoms with van der Waals surface area (Å²) in [5, 5.41) is 22.5. The monoisotopic (exact) mass is 306 g/mol. The van der Waals surface area contributed by atoms with E-state index in [-0.39, 0.29) is 11.9 Å². The Balaban J connectivity index is 2.21. The van der Waals surface area contributed by atoms with Crippen LogP contribution in [0.15, 0.2) is 24.5 Å². The van der Waals surface area contributed by atoms with E-state index in [4.69, 9.17) is 22.1 Å². The van der Waals surface area contributed by atoms with Crippen molar-refractivity contribution in [2.75, 3.05) is 23.8 Å². The van der Waals surface area contributed by atoms with Crippen molar-refractivity contribution in [3.05, 3.63) is 40.9 Å². The van der Waals surface area contributed by atoms with Gasteiger partial charge >= 0.3 is 0 Å². The first-order valence-corrected chi connectivity index (χ1v) is 6.68. The number of hydrogen-bond donors (Lipinski definition) is 4. The van der Waals surface area contributed by atoms with Gasteiger partial charge < -0.3 is 21.1 Å². The lowest BCUT2D eigenvalue weighted by Gasteiger charge is -2.13. The molecule has 21 heavy (non-hydrogen) atoms. The molecule has 8 heteroatoms. The van der Waals surface area contributed by atoms with E-state index in [9.17, 15) is 0 Å². The molecule has 110 valence electrons. The summed E-state index contributed by atoms with van der Waals surface area (Å²) in [5.74, 6) is 0.874. The zero-order valence-electron chi connectivity index (χ0n) is 11.2. The van der Waals surface area contributed by atoms with Crippen molar-refractivity contribution in [3.8, 4) is 0 Å². The van der Waals surface area contributed by atoms with Gasteiger partial charge in [0.15, 0.2) is 0 Å². The summed E-state index contributed by atoms with van der Waals surface area (Å²) >= 11 is 5.89. The quantitative estimate of drug-likeness (QED) is 0.456. The predicted molar refractivity (Wildman–Crippen MR) is 82.1 cm³/mol. The van der Waals surface area contributed by atoms with Gasteiger partial charge in [-0.3, -0.25) is 4.98 Å². The summed E-state index contributed by atoms with van der Waals surface area (Å²) in [6.45, 7) is 0.799. The van der Waals surface area contributed by atoms with E-state index in [0.29, 0.717) is 30.3 Å². The first-order chi connectivity index (χ1) is 10.2. The number of halogens is 1. The molecule has 4 N–H and O–H groups in total. The Morgan fingerprint density at radius 1 is 1.19 bits per heavy atom. The van der Waals surface area contributed by atoms with Gasteiger partial charge in [-0.05, 0) is 29.3 Å². The van der Waals surface area contributed by atoms with Gasteiger partial charge in [-0.25, -0.2) is 0 Å². The summed E-state index contributed by atoms with van der Waals surface area (Å²) in [6, 6.07) is 3.76. The number of aliphatic hydroxyl groups excluding tert-OH is 1. The molecular formula is C13H15ClN6O. The van der Waals surface area contributed by atoms with E-state index in [1.165, 1.54) is 0 Å². The average Bonchev–Trinajstić information content (AvgIpc) is 2.51. The number of aromatic nitrogens is 3. The second-order valence-corrected chi connectivity index (χ2v) is 4.45. The number of rotatable bonds is 7. The minimum atomic E-state index is -0.0428. The molecule has 2 heterocycles. The molecular weight excluding hydrogens is 292 g/mol. The Labute approximate surface area is 126 Å². The molecule has 2 aromatic heterocycles. The van der Waals surface area contributed by atoms with Crippen molar-refractivity contribution in [1.29, 1.82) is 5.41 Å². The van der Waals surface area contributed by atoms with Crippen LogP contribution in [0.5, 0.6) is 0 Å². The number of nitrogens with one attached hydrogen (secondary N) is 3. The van der Waals surface area contributed by atoms with Gasteiger partial charge in [-0.2, -0.15) is 9.97 Å². The smallest absolute Gasteiger partial charge is 0.226 e. The molecule has 0 saturated heterocycles. The predicted octanol–water partition coefficient (Wildman–Crippen LogP) is 1.54. The number of pyridine rings is 1. The topological polar surface area (TPSA) is 107 Å². The highest BCUT2D eigenvalue weighted by molar-refractivity contribution is 6.28.